The first-order chi connectivity index (χ1) is 30.1. The second-order valence-electron chi connectivity index (χ2n) is 17.2. The molecule has 2 aliphatic heterocycles. The molecule has 322 valence electrons. The van der Waals surface area contributed by atoms with Gasteiger partial charge in [0, 0.05) is 59.6 Å². The van der Waals surface area contributed by atoms with E-state index in [4.69, 9.17) is 9.72 Å². The van der Waals surface area contributed by atoms with E-state index in [1.54, 1.807) is 11.6 Å². The number of aryl methyl sites for hydroxylation is 2. The summed E-state index contributed by atoms with van der Waals surface area (Å²) in [4.78, 5) is 68.9. The lowest BCUT2D eigenvalue weighted by Crippen LogP contribution is -2.44. The van der Waals surface area contributed by atoms with Crippen LogP contribution < -0.4 is 31.7 Å². The van der Waals surface area contributed by atoms with Crippen molar-refractivity contribution in [3.63, 3.8) is 0 Å². The Morgan fingerprint density at radius 2 is 1.69 bits per heavy atom. The molecule has 1 unspecified atom stereocenters. The average Bonchev–Trinajstić information content (AvgIpc) is 3.72. The third-order valence-electron chi connectivity index (χ3n) is 12.7. The number of carbonyl (C=O) groups excluding carboxylic acids is 4. The molecule has 14 heteroatoms. The number of aromatic nitrogens is 3. The summed E-state index contributed by atoms with van der Waals surface area (Å²) in [5.41, 5.74) is 6.05. The van der Waals surface area contributed by atoms with Crippen molar-refractivity contribution in [2.45, 2.75) is 115 Å². The number of ether oxygens (including phenoxy) is 1. The first kappa shape index (κ1) is 41.3. The Morgan fingerprint density at radius 1 is 0.903 bits per heavy atom. The number of amides is 4. The molecule has 0 radical (unpaired) electrons. The van der Waals surface area contributed by atoms with Crippen LogP contribution in [0.25, 0.3) is 43.3 Å². The molecule has 4 N–H and O–H groups in total. The molecule has 1 saturated carbocycles. The summed E-state index contributed by atoms with van der Waals surface area (Å²) < 4.78 is 10.6. The van der Waals surface area contributed by atoms with Crippen molar-refractivity contribution < 1.29 is 23.9 Å². The van der Waals surface area contributed by atoms with Crippen LogP contribution in [0, 0.1) is 0 Å². The number of hydrogen-bond acceptors (Lipinski definition) is 9. The Balaban J connectivity index is 0.693. The Bertz CT molecular complexity index is 2750. The molecule has 1 aliphatic carbocycles. The topological polar surface area (TPSA) is 165 Å². The van der Waals surface area contributed by atoms with Gasteiger partial charge in [-0.15, -0.1) is 11.3 Å². The van der Waals surface area contributed by atoms with Crippen molar-refractivity contribution in [1.82, 2.24) is 30.1 Å². The summed E-state index contributed by atoms with van der Waals surface area (Å²) in [5.74, 6) is 0.187. The lowest BCUT2D eigenvalue weighted by Gasteiger charge is -2.29. The van der Waals surface area contributed by atoms with E-state index in [2.05, 4.69) is 45.5 Å². The van der Waals surface area contributed by atoms with E-state index in [0.717, 1.165) is 124 Å². The highest BCUT2D eigenvalue weighted by Crippen LogP contribution is 2.41. The number of imidazole rings is 1. The number of nitrogens with zero attached hydrogens (tertiary/aromatic N) is 3. The summed E-state index contributed by atoms with van der Waals surface area (Å²) in [7, 11) is 1.74. The molecule has 1 saturated heterocycles. The number of nitrogens with one attached hydrogen (secondary N) is 4. The lowest BCUT2D eigenvalue weighted by molar-refractivity contribution is -0.135. The molecule has 2 fully saturated rings. The second kappa shape index (κ2) is 17.8. The van der Waals surface area contributed by atoms with Crippen LogP contribution in [0.15, 0.2) is 71.5 Å². The van der Waals surface area contributed by atoms with Gasteiger partial charge in [-0.2, -0.15) is 0 Å². The molecule has 13 nitrogen and oxygen atoms in total. The Morgan fingerprint density at radius 3 is 2.50 bits per heavy atom. The number of unbranched alkanes of at least 4 members (excludes halogenated alkanes) is 4. The number of piperidine rings is 1. The molecule has 62 heavy (non-hydrogen) atoms. The Hall–Kier alpha value is -6.02. The van der Waals surface area contributed by atoms with Crippen LogP contribution in [0.1, 0.15) is 105 Å². The third-order valence-corrected chi connectivity index (χ3v) is 13.9. The van der Waals surface area contributed by atoms with E-state index >= 15 is 0 Å². The minimum Gasteiger partial charge on any atom is -0.490 e. The Kier molecular flexibility index (Phi) is 11.8. The maximum absolute atomic E-state index is 13.2. The van der Waals surface area contributed by atoms with Gasteiger partial charge in [0.15, 0.2) is 0 Å². The quantitative estimate of drug-likeness (QED) is 0.0679. The summed E-state index contributed by atoms with van der Waals surface area (Å²) in [6, 6.07) is 21.7. The number of pyridine rings is 1. The molecular formula is C48H53N7O6S. The molecule has 3 aliphatic rings. The van der Waals surface area contributed by atoms with Crippen LogP contribution in [0.5, 0.6) is 5.75 Å². The van der Waals surface area contributed by atoms with Gasteiger partial charge in [0.1, 0.15) is 16.7 Å². The van der Waals surface area contributed by atoms with Crippen molar-refractivity contribution in [2.24, 2.45) is 7.05 Å². The van der Waals surface area contributed by atoms with Gasteiger partial charge in [-0.3, -0.25) is 33.6 Å². The van der Waals surface area contributed by atoms with Crippen LogP contribution in [-0.4, -0.2) is 62.5 Å². The van der Waals surface area contributed by atoms with Crippen molar-refractivity contribution in [1.29, 1.82) is 0 Å². The molecular weight excluding hydrogens is 803 g/mol. The third kappa shape index (κ3) is 8.44. The normalized spacial score (nSPS) is 20.4. The summed E-state index contributed by atoms with van der Waals surface area (Å²) >= 11 is 1.51. The fraction of sp³-hybridized carbons (Fsp3) is 0.417. The van der Waals surface area contributed by atoms with Gasteiger partial charge >= 0.3 is 5.69 Å². The van der Waals surface area contributed by atoms with Crippen LogP contribution in [0.4, 0.5) is 5.69 Å². The van der Waals surface area contributed by atoms with Crippen molar-refractivity contribution in [3.8, 4) is 17.0 Å². The largest absolute Gasteiger partial charge is 0.490 e. The molecule has 2 atom stereocenters. The molecule has 4 amide bonds. The number of thiophene rings is 1. The zero-order valence-corrected chi connectivity index (χ0v) is 36.1. The van der Waals surface area contributed by atoms with Crippen molar-refractivity contribution in [3.05, 3.63) is 87.7 Å². The van der Waals surface area contributed by atoms with Gasteiger partial charge in [-0.25, -0.2) is 9.78 Å². The van der Waals surface area contributed by atoms with Crippen molar-refractivity contribution in [2.75, 3.05) is 11.9 Å². The van der Waals surface area contributed by atoms with E-state index in [0.29, 0.717) is 24.3 Å². The molecule has 3 aromatic heterocycles. The molecule has 0 spiro atoms. The minimum atomic E-state index is -0.690. The molecule has 3 aromatic carbocycles. The van der Waals surface area contributed by atoms with Crippen LogP contribution in [0.3, 0.4) is 0 Å². The van der Waals surface area contributed by atoms with Gasteiger partial charge in [0.25, 0.3) is 5.91 Å². The number of benzene rings is 3. The van der Waals surface area contributed by atoms with Gasteiger partial charge in [-0.05, 0) is 118 Å². The second-order valence-corrected chi connectivity index (χ2v) is 18.2. The van der Waals surface area contributed by atoms with Crippen LogP contribution in [-0.2, 0) is 27.9 Å². The highest BCUT2D eigenvalue weighted by molar-refractivity contribution is 7.21. The summed E-state index contributed by atoms with van der Waals surface area (Å²) in [6.07, 6.45) is 10.4. The lowest BCUT2D eigenvalue weighted by atomic mass is 9.92. The number of para-hydroxylation sites is 1. The molecule has 9 rings (SSSR count). The number of rotatable bonds is 13. The van der Waals surface area contributed by atoms with E-state index < -0.39 is 11.9 Å². The number of fused-ring (bicyclic) bond motifs is 6. The van der Waals surface area contributed by atoms with Crippen molar-refractivity contribution >= 4 is 72.7 Å². The van der Waals surface area contributed by atoms with Gasteiger partial charge in [-0.1, -0.05) is 31.4 Å². The van der Waals surface area contributed by atoms with Gasteiger partial charge in [0.05, 0.1) is 34.0 Å². The van der Waals surface area contributed by atoms with Crippen LogP contribution in [0.2, 0.25) is 0 Å². The highest BCUT2D eigenvalue weighted by atomic mass is 32.1. The zero-order chi connectivity index (χ0) is 42.9. The maximum atomic E-state index is 13.2. The first-order valence-electron chi connectivity index (χ1n) is 22.1. The van der Waals surface area contributed by atoms with E-state index in [-0.39, 0.29) is 48.0 Å². The maximum Gasteiger partial charge on any atom is 0.329 e. The standard InChI is InChI=1S/C48H53N7O6S/c1-28-27-49-43-42-34-21-22-35(52-36(34)23-25-39(42)62-45(43)47(59)50-28)29-13-17-32(18-14-29)61-33-19-15-31(16-20-33)51-40(56)12-7-5-3-4-6-9-30-10-8-11-37-44(30)54(2)48(60)55(37)38-24-26-41(57)53-46(38)58/h8,10-11,13-14,17-18,21-23,25,28,31,33,38,49H,3-7,9,12,15-16,19-20,24,26-27H2,1-2H3,(H,50,59)(H,51,56)(H,53,57,58)/t28-,31?,33?,38?/m1/s1. The van der Waals surface area contributed by atoms with Gasteiger partial charge in [0.2, 0.25) is 17.7 Å². The number of anilines is 1. The monoisotopic (exact) mass is 855 g/mol. The minimum absolute atomic E-state index is 0.0331. The van der Waals surface area contributed by atoms with E-state index in [9.17, 15) is 24.0 Å². The smallest absolute Gasteiger partial charge is 0.329 e. The predicted molar refractivity (Wildman–Crippen MR) is 243 cm³/mol. The predicted octanol–water partition coefficient (Wildman–Crippen LogP) is 7.68. The fourth-order valence-electron chi connectivity index (χ4n) is 9.49. The molecule has 5 heterocycles. The first-order valence-corrected chi connectivity index (χ1v) is 22.9. The highest BCUT2D eigenvalue weighted by Gasteiger charge is 2.32. The SMILES string of the molecule is C[C@@H]1CNc2c(sc3ccc4nc(-c5ccc(OC6CCC(NC(=O)CCCCCCCc7cccc8c7n(C)c(=O)n8C7CCC(=O)NC7=O)CC6)cc5)ccc4c23)C(=O)N1. The van der Waals surface area contributed by atoms with Crippen LogP contribution >= 0.6 is 11.3 Å². The molecule has 0 bridgehead atoms. The average molecular weight is 856 g/mol. The van der Waals surface area contributed by atoms with E-state index in [1.807, 2.05) is 49.4 Å². The van der Waals surface area contributed by atoms with Gasteiger partial charge < -0.3 is 20.7 Å². The molecule has 6 aromatic rings. The zero-order valence-electron chi connectivity index (χ0n) is 35.3. The number of hydrogen-bond donors (Lipinski definition) is 4. The summed E-state index contributed by atoms with van der Waals surface area (Å²) in [5, 5.41) is 14.3. The fourth-order valence-corrected chi connectivity index (χ4v) is 10.6. The Labute approximate surface area is 363 Å². The number of carbonyl (C=O) groups is 4. The number of imide groups is 1. The summed E-state index contributed by atoms with van der Waals surface area (Å²) in [6.45, 7) is 2.67. The van der Waals surface area contributed by atoms with E-state index in [1.165, 1.54) is 15.9 Å².